The average Bonchev–Trinajstić information content (AvgIpc) is 2.44. The molecule has 1 aliphatic rings. The first-order chi connectivity index (χ1) is 9.92. The number of anilines is 1. The Labute approximate surface area is 124 Å². The van der Waals surface area contributed by atoms with Crippen molar-refractivity contribution in [3.63, 3.8) is 0 Å². The molecule has 2 unspecified atom stereocenters. The van der Waals surface area contributed by atoms with Gasteiger partial charge in [0.15, 0.2) is 5.69 Å². The number of nitrogens with one attached hydrogen (secondary N) is 1. The van der Waals surface area contributed by atoms with E-state index >= 15 is 0 Å². The number of rotatable bonds is 3. The predicted octanol–water partition coefficient (Wildman–Crippen LogP) is 1.14. The molecule has 0 aliphatic carbocycles. The van der Waals surface area contributed by atoms with E-state index in [9.17, 15) is 4.79 Å². The number of hydrogen-bond donors (Lipinski definition) is 2. The standard InChI is InChI=1S/C14H23N5O2/c1-8(2)13-16-5-11(18-15)12(17-13)14(20)19-6-9(3)21-10(4)7-19/h5,8-10,18H,6-7,15H2,1-4H3. The molecular formula is C14H23N5O2. The summed E-state index contributed by atoms with van der Waals surface area (Å²) in [4.78, 5) is 23.1. The van der Waals surface area contributed by atoms with Crippen molar-refractivity contribution in [2.75, 3.05) is 18.5 Å². The first kappa shape index (κ1) is 15.7. The molecule has 0 aromatic carbocycles. The monoisotopic (exact) mass is 293 g/mol. The number of hydrazine groups is 1. The van der Waals surface area contributed by atoms with Gasteiger partial charge in [-0.25, -0.2) is 9.97 Å². The summed E-state index contributed by atoms with van der Waals surface area (Å²) >= 11 is 0. The third kappa shape index (κ3) is 3.48. The van der Waals surface area contributed by atoms with Crippen LogP contribution in [-0.2, 0) is 4.74 Å². The van der Waals surface area contributed by atoms with Crippen molar-refractivity contribution >= 4 is 11.6 Å². The Morgan fingerprint density at radius 1 is 1.43 bits per heavy atom. The van der Waals surface area contributed by atoms with E-state index in [1.165, 1.54) is 0 Å². The number of ether oxygens (including phenoxy) is 1. The minimum absolute atomic E-state index is 0.0124. The van der Waals surface area contributed by atoms with Crippen LogP contribution in [0, 0.1) is 0 Å². The maximum Gasteiger partial charge on any atom is 0.274 e. The van der Waals surface area contributed by atoms with Gasteiger partial charge in [0.25, 0.3) is 5.91 Å². The highest BCUT2D eigenvalue weighted by Gasteiger charge is 2.29. The van der Waals surface area contributed by atoms with Gasteiger partial charge < -0.3 is 15.1 Å². The van der Waals surface area contributed by atoms with Gasteiger partial charge >= 0.3 is 0 Å². The van der Waals surface area contributed by atoms with E-state index in [0.717, 1.165) is 0 Å². The molecule has 0 bridgehead atoms. The lowest BCUT2D eigenvalue weighted by Gasteiger charge is -2.35. The first-order valence-corrected chi connectivity index (χ1v) is 7.20. The summed E-state index contributed by atoms with van der Waals surface area (Å²) in [5.41, 5.74) is 3.26. The lowest BCUT2D eigenvalue weighted by molar-refractivity contribution is -0.0587. The molecule has 3 N–H and O–H groups in total. The van der Waals surface area contributed by atoms with Crippen LogP contribution in [0.1, 0.15) is 49.9 Å². The molecule has 7 heteroatoms. The van der Waals surface area contributed by atoms with E-state index in [2.05, 4.69) is 15.4 Å². The SMILES string of the molecule is CC1CN(C(=O)c2nc(C(C)C)ncc2NN)CC(C)O1. The molecule has 0 spiro atoms. The van der Waals surface area contributed by atoms with E-state index in [4.69, 9.17) is 10.6 Å². The number of nitrogen functional groups attached to an aromatic ring is 1. The maximum absolute atomic E-state index is 12.7. The second kappa shape index (κ2) is 6.36. The maximum atomic E-state index is 12.7. The lowest BCUT2D eigenvalue weighted by atomic mass is 10.1. The largest absolute Gasteiger partial charge is 0.372 e. The van der Waals surface area contributed by atoms with Crippen LogP contribution in [0.4, 0.5) is 5.69 Å². The van der Waals surface area contributed by atoms with Crippen LogP contribution in [0.5, 0.6) is 0 Å². The van der Waals surface area contributed by atoms with Gasteiger partial charge in [0.05, 0.1) is 24.1 Å². The van der Waals surface area contributed by atoms with Gasteiger partial charge in [-0.3, -0.25) is 10.6 Å². The van der Waals surface area contributed by atoms with Crippen molar-refractivity contribution in [3.05, 3.63) is 17.7 Å². The Morgan fingerprint density at radius 2 is 2.05 bits per heavy atom. The van der Waals surface area contributed by atoms with Crippen molar-refractivity contribution in [3.8, 4) is 0 Å². The summed E-state index contributed by atoms with van der Waals surface area (Å²) in [7, 11) is 0. The molecule has 2 heterocycles. The molecule has 7 nitrogen and oxygen atoms in total. The van der Waals surface area contributed by atoms with Crippen LogP contribution in [0.15, 0.2) is 6.20 Å². The molecule has 1 aromatic rings. The highest BCUT2D eigenvalue weighted by atomic mass is 16.5. The smallest absolute Gasteiger partial charge is 0.274 e. The Morgan fingerprint density at radius 3 is 2.57 bits per heavy atom. The second-order valence-corrected chi connectivity index (χ2v) is 5.76. The van der Waals surface area contributed by atoms with Gasteiger partial charge in [-0.05, 0) is 13.8 Å². The van der Waals surface area contributed by atoms with Gasteiger partial charge in [-0.1, -0.05) is 13.8 Å². The Kier molecular flexibility index (Phi) is 4.74. The van der Waals surface area contributed by atoms with Gasteiger partial charge in [0.1, 0.15) is 5.82 Å². The summed E-state index contributed by atoms with van der Waals surface area (Å²) < 4.78 is 5.65. The van der Waals surface area contributed by atoms with Crippen LogP contribution in [0.2, 0.25) is 0 Å². The van der Waals surface area contributed by atoms with Crippen molar-refractivity contribution in [1.82, 2.24) is 14.9 Å². The molecular weight excluding hydrogens is 270 g/mol. The molecule has 116 valence electrons. The first-order valence-electron chi connectivity index (χ1n) is 7.20. The van der Waals surface area contributed by atoms with E-state index in [-0.39, 0.29) is 24.0 Å². The Hall–Kier alpha value is -1.73. The number of carbonyl (C=O) groups excluding carboxylic acids is 1. The summed E-state index contributed by atoms with van der Waals surface area (Å²) in [6, 6.07) is 0. The minimum atomic E-state index is -0.144. The number of hydrogen-bond acceptors (Lipinski definition) is 6. The molecule has 1 amide bonds. The molecule has 1 aromatic heterocycles. The Bertz CT molecular complexity index is 510. The molecule has 1 aliphatic heterocycles. The number of amides is 1. The van der Waals surface area contributed by atoms with Crippen LogP contribution in [0.25, 0.3) is 0 Å². The van der Waals surface area contributed by atoms with Gasteiger partial charge in [-0.2, -0.15) is 0 Å². The molecule has 0 saturated carbocycles. The van der Waals surface area contributed by atoms with Gasteiger partial charge in [-0.15, -0.1) is 0 Å². The number of morpholine rings is 1. The molecule has 1 fully saturated rings. The molecule has 0 radical (unpaired) electrons. The van der Waals surface area contributed by atoms with Crippen molar-refractivity contribution < 1.29 is 9.53 Å². The highest BCUT2D eigenvalue weighted by molar-refractivity contribution is 5.97. The summed E-state index contributed by atoms with van der Waals surface area (Å²) in [6.07, 6.45) is 1.58. The van der Waals surface area contributed by atoms with Crippen molar-refractivity contribution in [2.24, 2.45) is 5.84 Å². The number of aromatic nitrogens is 2. The minimum Gasteiger partial charge on any atom is -0.372 e. The predicted molar refractivity (Wildman–Crippen MR) is 79.8 cm³/mol. The zero-order valence-electron chi connectivity index (χ0n) is 13.0. The lowest BCUT2D eigenvalue weighted by Crippen LogP contribution is -2.48. The third-order valence-corrected chi connectivity index (χ3v) is 3.39. The van der Waals surface area contributed by atoms with E-state index < -0.39 is 0 Å². The van der Waals surface area contributed by atoms with Crippen molar-refractivity contribution in [1.29, 1.82) is 0 Å². The number of carbonyl (C=O) groups is 1. The molecule has 2 atom stereocenters. The molecule has 21 heavy (non-hydrogen) atoms. The van der Waals surface area contributed by atoms with E-state index in [0.29, 0.717) is 30.3 Å². The number of nitrogens with zero attached hydrogens (tertiary/aromatic N) is 3. The summed E-state index contributed by atoms with van der Waals surface area (Å²) in [5, 5.41) is 0. The van der Waals surface area contributed by atoms with Gasteiger partial charge in [0.2, 0.25) is 0 Å². The fraction of sp³-hybridized carbons (Fsp3) is 0.643. The fourth-order valence-corrected chi connectivity index (χ4v) is 2.44. The average molecular weight is 293 g/mol. The van der Waals surface area contributed by atoms with E-state index in [1.807, 2.05) is 27.7 Å². The van der Waals surface area contributed by atoms with Crippen LogP contribution in [-0.4, -0.2) is 46.1 Å². The third-order valence-electron chi connectivity index (χ3n) is 3.39. The second-order valence-electron chi connectivity index (χ2n) is 5.76. The molecule has 1 saturated heterocycles. The van der Waals surface area contributed by atoms with E-state index in [1.54, 1.807) is 11.1 Å². The zero-order chi connectivity index (χ0) is 15.6. The van der Waals surface area contributed by atoms with Gasteiger partial charge in [0, 0.05) is 19.0 Å². The van der Waals surface area contributed by atoms with Crippen LogP contribution >= 0.6 is 0 Å². The molecule has 2 rings (SSSR count). The van der Waals surface area contributed by atoms with Crippen LogP contribution < -0.4 is 11.3 Å². The van der Waals surface area contributed by atoms with Crippen molar-refractivity contribution in [2.45, 2.75) is 45.8 Å². The number of nitrogens with two attached hydrogens (primary N) is 1. The topological polar surface area (TPSA) is 93.4 Å². The quantitative estimate of drug-likeness (QED) is 0.641. The summed E-state index contributed by atoms with van der Waals surface area (Å²) in [6.45, 7) is 8.98. The Balaban J connectivity index is 2.30. The zero-order valence-corrected chi connectivity index (χ0v) is 13.0. The highest BCUT2D eigenvalue weighted by Crippen LogP contribution is 2.19. The normalized spacial score (nSPS) is 22.5. The van der Waals surface area contributed by atoms with Crippen LogP contribution in [0.3, 0.4) is 0 Å². The fourth-order valence-electron chi connectivity index (χ4n) is 2.44. The summed E-state index contributed by atoms with van der Waals surface area (Å²) in [5.74, 6) is 6.10.